The first kappa shape index (κ1) is 21.6. The predicted octanol–water partition coefficient (Wildman–Crippen LogP) is 2.37. The van der Waals surface area contributed by atoms with Crippen molar-refractivity contribution in [2.75, 3.05) is 44.2 Å². The van der Waals surface area contributed by atoms with Gasteiger partial charge in [0.25, 0.3) is 0 Å². The van der Waals surface area contributed by atoms with Crippen LogP contribution in [0.15, 0.2) is 30.3 Å². The lowest BCUT2D eigenvalue weighted by molar-refractivity contribution is -0.159. The number of para-hydroxylation sites is 1. The van der Waals surface area contributed by atoms with Crippen LogP contribution in [0.5, 0.6) is 0 Å². The highest BCUT2D eigenvalue weighted by atomic mass is 16.4. The van der Waals surface area contributed by atoms with E-state index in [2.05, 4.69) is 45.0 Å². The van der Waals surface area contributed by atoms with Gasteiger partial charge in [0, 0.05) is 44.0 Å². The van der Waals surface area contributed by atoms with Gasteiger partial charge in [0.15, 0.2) is 0 Å². The summed E-state index contributed by atoms with van der Waals surface area (Å²) in [4.78, 5) is 26.3. The molecule has 2 aliphatic heterocycles. The highest BCUT2D eigenvalue weighted by Gasteiger charge is 2.30. The number of anilines is 1. The first-order valence-electron chi connectivity index (χ1n) is 10.8. The number of hydrogen-bond acceptors (Lipinski definition) is 5. The Labute approximate surface area is 172 Å². The molecular weight excluding hydrogens is 370 g/mol. The molecule has 2 heterocycles. The maximum absolute atomic E-state index is 9.10. The molecule has 29 heavy (non-hydrogen) atoms. The summed E-state index contributed by atoms with van der Waals surface area (Å²) in [6.45, 7) is 7.54. The van der Waals surface area contributed by atoms with E-state index in [0.717, 1.165) is 12.1 Å². The molecule has 0 bridgehead atoms. The van der Waals surface area contributed by atoms with E-state index < -0.39 is 11.9 Å². The number of piperazine rings is 1. The van der Waals surface area contributed by atoms with Crippen LogP contribution in [0, 0.1) is 0 Å². The largest absolute Gasteiger partial charge is 0.473 e. The number of hydrogen-bond donors (Lipinski definition) is 2. The van der Waals surface area contributed by atoms with Crippen molar-refractivity contribution in [3.05, 3.63) is 30.3 Å². The standard InChI is InChI=1S/C20H31N3.C2H2O4/c1-2-6-19(7-3-1)22-14-16-23(17-15-22)20-10-12-21(13-11-20)18-8-4-5-9-18;3-1(4)2(5)6/h1-3,6-7,18,20H,4-5,8-17H2;(H,3,4)(H,5,6). The van der Waals surface area contributed by atoms with Crippen molar-refractivity contribution in [2.24, 2.45) is 0 Å². The van der Waals surface area contributed by atoms with Crippen molar-refractivity contribution in [3.8, 4) is 0 Å². The number of rotatable bonds is 3. The number of nitrogens with zero attached hydrogens (tertiary/aromatic N) is 3. The van der Waals surface area contributed by atoms with Gasteiger partial charge in [0.05, 0.1) is 0 Å². The molecule has 3 aliphatic rings. The number of benzene rings is 1. The minimum absolute atomic E-state index is 0.838. The molecule has 0 aromatic heterocycles. The van der Waals surface area contributed by atoms with Crippen molar-refractivity contribution in [2.45, 2.75) is 50.6 Å². The second-order valence-electron chi connectivity index (χ2n) is 8.17. The van der Waals surface area contributed by atoms with Crippen LogP contribution < -0.4 is 4.90 Å². The fraction of sp³-hybridized carbons (Fsp3) is 0.636. The van der Waals surface area contributed by atoms with E-state index >= 15 is 0 Å². The summed E-state index contributed by atoms with van der Waals surface area (Å²) >= 11 is 0. The molecule has 4 rings (SSSR count). The molecular formula is C22H33N3O4. The minimum Gasteiger partial charge on any atom is -0.473 e. The van der Waals surface area contributed by atoms with E-state index in [0.29, 0.717) is 0 Å². The van der Waals surface area contributed by atoms with Crippen LogP contribution in [0.25, 0.3) is 0 Å². The third-order valence-corrected chi connectivity index (χ3v) is 6.48. The predicted molar refractivity (Wildman–Crippen MR) is 112 cm³/mol. The maximum Gasteiger partial charge on any atom is 0.414 e. The molecule has 1 saturated carbocycles. The van der Waals surface area contributed by atoms with Gasteiger partial charge < -0.3 is 20.0 Å². The highest BCUT2D eigenvalue weighted by molar-refractivity contribution is 6.27. The summed E-state index contributed by atoms with van der Waals surface area (Å²) in [5.74, 6) is -3.65. The molecule has 0 radical (unpaired) electrons. The van der Waals surface area contributed by atoms with Gasteiger partial charge in [-0.25, -0.2) is 9.59 Å². The molecule has 2 N–H and O–H groups in total. The van der Waals surface area contributed by atoms with Gasteiger partial charge in [-0.05, 0) is 50.9 Å². The molecule has 0 atom stereocenters. The van der Waals surface area contributed by atoms with Crippen molar-refractivity contribution in [1.82, 2.24) is 9.80 Å². The van der Waals surface area contributed by atoms with Gasteiger partial charge in [-0.2, -0.15) is 0 Å². The van der Waals surface area contributed by atoms with Crippen LogP contribution in [0.1, 0.15) is 38.5 Å². The number of piperidine rings is 1. The van der Waals surface area contributed by atoms with Gasteiger partial charge >= 0.3 is 11.9 Å². The second kappa shape index (κ2) is 10.6. The number of carbonyl (C=O) groups is 2. The van der Waals surface area contributed by atoms with E-state index in [9.17, 15) is 0 Å². The molecule has 1 aromatic carbocycles. The van der Waals surface area contributed by atoms with Crippen molar-refractivity contribution in [3.63, 3.8) is 0 Å². The smallest absolute Gasteiger partial charge is 0.414 e. The van der Waals surface area contributed by atoms with Crippen LogP contribution in [-0.2, 0) is 9.59 Å². The summed E-state index contributed by atoms with van der Waals surface area (Å²) < 4.78 is 0. The molecule has 160 valence electrons. The third-order valence-electron chi connectivity index (χ3n) is 6.48. The van der Waals surface area contributed by atoms with Gasteiger partial charge in [-0.15, -0.1) is 0 Å². The summed E-state index contributed by atoms with van der Waals surface area (Å²) in [6.07, 6.45) is 8.63. The Morgan fingerprint density at radius 2 is 1.17 bits per heavy atom. The average molecular weight is 404 g/mol. The molecule has 7 nitrogen and oxygen atoms in total. The summed E-state index contributed by atoms with van der Waals surface area (Å²) in [6, 6.07) is 12.7. The van der Waals surface area contributed by atoms with Crippen LogP contribution >= 0.6 is 0 Å². The zero-order chi connectivity index (χ0) is 20.6. The molecule has 2 saturated heterocycles. The van der Waals surface area contributed by atoms with Gasteiger partial charge in [-0.1, -0.05) is 31.0 Å². The highest BCUT2D eigenvalue weighted by Crippen LogP contribution is 2.28. The second-order valence-corrected chi connectivity index (χ2v) is 8.17. The van der Waals surface area contributed by atoms with Crippen molar-refractivity contribution >= 4 is 17.6 Å². The number of carboxylic acids is 2. The van der Waals surface area contributed by atoms with Crippen LogP contribution in [0.4, 0.5) is 5.69 Å². The van der Waals surface area contributed by atoms with E-state index in [-0.39, 0.29) is 0 Å². The van der Waals surface area contributed by atoms with Gasteiger partial charge in [-0.3, -0.25) is 4.90 Å². The first-order valence-corrected chi connectivity index (χ1v) is 10.8. The molecule has 0 unspecified atom stereocenters. The van der Waals surface area contributed by atoms with E-state index in [1.165, 1.54) is 83.5 Å². The number of carboxylic acid groups (broad SMARTS) is 2. The third kappa shape index (κ3) is 6.18. The molecule has 3 fully saturated rings. The maximum atomic E-state index is 9.10. The van der Waals surface area contributed by atoms with E-state index in [1.54, 1.807) is 0 Å². The normalized spacial score (nSPS) is 22.1. The first-order chi connectivity index (χ1) is 14.0. The lowest BCUT2D eigenvalue weighted by atomic mass is 10.00. The number of aliphatic carboxylic acids is 2. The zero-order valence-electron chi connectivity index (χ0n) is 17.1. The number of likely N-dealkylation sites (tertiary alicyclic amines) is 1. The van der Waals surface area contributed by atoms with E-state index in [1.807, 2.05) is 0 Å². The zero-order valence-corrected chi connectivity index (χ0v) is 17.1. The summed E-state index contributed by atoms with van der Waals surface area (Å²) in [5.41, 5.74) is 1.39. The SMILES string of the molecule is O=C(O)C(=O)O.c1ccc(N2CCN(C3CCN(C4CCCC4)CC3)CC2)cc1. The van der Waals surface area contributed by atoms with Gasteiger partial charge in [0.1, 0.15) is 0 Å². The van der Waals surface area contributed by atoms with Gasteiger partial charge in [0.2, 0.25) is 0 Å². The Balaban J connectivity index is 0.000000353. The average Bonchev–Trinajstić information content (AvgIpc) is 3.30. The fourth-order valence-electron chi connectivity index (χ4n) is 4.87. The lowest BCUT2D eigenvalue weighted by Gasteiger charge is -2.44. The Morgan fingerprint density at radius 3 is 1.69 bits per heavy atom. The molecule has 1 aromatic rings. The summed E-state index contributed by atoms with van der Waals surface area (Å²) in [7, 11) is 0. The quantitative estimate of drug-likeness (QED) is 0.750. The molecule has 0 amide bonds. The Kier molecular flexibility index (Phi) is 7.89. The Morgan fingerprint density at radius 1 is 0.690 bits per heavy atom. The molecule has 7 heteroatoms. The van der Waals surface area contributed by atoms with Crippen LogP contribution in [-0.4, -0.2) is 83.3 Å². The molecule has 1 aliphatic carbocycles. The molecule has 0 spiro atoms. The topological polar surface area (TPSA) is 84.3 Å². The van der Waals surface area contributed by atoms with E-state index in [4.69, 9.17) is 19.8 Å². The minimum atomic E-state index is -1.82. The monoisotopic (exact) mass is 403 g/mol. The Bertz CT molecular complexity index is 635. The van der Waals surface area contributed by atoms with Crippen LogP contribution in [0.3, 0.4) is 0 Å². The lowest BCUT2D eigenvalue weighted by Crippen LogP contribution is -2.54. The Hall–Kier alpha value is -2.12. The van der Waals surface area contributed by atoms with Crippen molar-refractivity contribution < 1.29 is 19.8 Å². The fourth-order valence-corrected chi connectivity index (χ4v) is 4.87. The van der Waals surface area contributed by atoms with Crippen molar-refractivity contribution in [1.29, 1.82) is 0 Å². The summed E-state index contributed by atoms with van der Waals surface area (Å²) in [5, 5.41) is 14.8. The van der Waals surface area contributed by atoms with Crippen LogP contribution in [0.2, 0.25) is 0 Å².